The molecule has 2 aromatic carbocycles. The lowest BCUT2D eigenvalue weighted by Gasteiger charge is -2.19. The fourth-order valence-corrected chi connectivity index (χ4v) is 2.19. The highest BCUT2D eigenvalue weighted by molar-refractivity contribution is 5.92. The fraction of sp³-hybridized carbons (Fsp3) is 0.211. The summed E-state index contributed by atoms with van der Waals surface area (Å²) in [6.45, 7) is 3.00. The summed E-state index contributed by atoms with van der Waals surface area (Å²) in [4.78, 5) is 14.0. The lowest BCUT2D eigenvalue weighted by atomic mass is 10.2. The minimum absolute atomic E-state index is 0.133. The summed E-state index contributed by atoms with van der Waals surface area (Å²) in [6, 6.07) is 13.8. The Bertz CT molecular complexity index is 687. The molecule has 0 fully saturated rings. The SMILES string of the molecule is C#CCN(CC(=O)Nc1ccc(C)cc1)Cc1ccc(F)cc1. The van der Waals surface area contributed by atoms with Crippen LogP contribution in [0.3, 0.4) is 0 Å². The van der Waals surface area contributed by atoms with E-state index < -0.39 is 0 Å². The second kappa shape index (κ2) is 8.11. The van der Waals surface area contributed by atoms with Crippen molar-refractivity contribution in [2.45, 2.75) is 13.5 Å². The molecule has 0 aliphatic rings. The Kier molecular flexibility index (Phi) is 5.90. The van der Waals surface area contributed by atoms with E-state index in [-0.39, 0.29) is 18.3 Å². The average molecular weight is 310 g/mol. The molecule has 0 radical (unpaired) electrons. The molecule has 0 bridgehead atoms. The molecule has 4 heteroatoms. The third kappa shape index (κ3) is 5.57. The van der Waals surface area contributed by atoms with E-state index in [0.717, 1.165) is 16.8 Å². The third-order valence-electron chi connectivity index (χ3n) is 3.34. The first-order valence-corrected chi connectivity index (χ1v) is 7.33. The number of carbonyl (C=O) groups excluding carboxylic acids is 1. The molecule has 0 aliphatic heterocycles. The van der Waals surface area contributed by atoms with Crippen molar-refractivity contribution in [3.8, 4) is 12.3 Å². The molecule has 0 aliphatic carbocycles. The molecule has 0 saturated heterocycles. The second-order valence-electron chi connectivity index (χ2n) is 5.39. The number of rotatable bonds is 6. The van der Waals surface area contributed by atoms with Crippen molar-refractivity contribution in [1.82, 2.24) is 4.90 Å². The van der Waals surface area contributed by atoms with Crippen LogP contribution in [0.25, 0.3) is 0 Å². The van der Waals surface area contributed by atoms with Crippen LogP contribution in [0.4, 0.5) is 10.1 Å². The van der Waals surface area contributed by atoms with Crippen LogP contribution < -0.4 is 5.32 Å². The van der Waals surface area contributed by atoms with Gasteiger partial charge in [-0.1, -0.05) is 35.7 Å². The third-order valence-corrected chi connectivity index (χ3v) is 3.34. The van der Waals surface area contributed by atoms with Gasteiger partial charge in [0.05, 0.1) is 13.1 Å². The van der Waals surface area contributed by atoms with Gasteiger partial charge in [0, 0.05) is 12.2 Å². The highest BCUT2D eigenvalue weighted by Crippen LogP contribution is 2.10. The lowest BCUT2D eigenvalue weighted by Crippen LogP contribution is -2.33. The van der Waals surface area contributed by atoms with E-state index in [1.807, 2.05) is 36.1 Å². The first-order valence-electron chi connectivity index (χ1n) is 7.33. The first kappa shape index (κ1) is 16.7. The zero-order valence-corrected chi connectivity index (χ0v) is 13.1. The summed E-state index contributed by atoms with van der Waals surface area (Å²) in [7, 11) is 0. The summed E-state index contributed by atoms with van der Waals surface area (Å²) >= 11 is 0. The van der Waals surface area contributed by atoms with Crippen LogP contribution in [0, 0.1) is 25.1 Å². The van der Waals surface area contributed by atoms with Gasteiger partial charge in [0.2, 0.25) is 5.91 Å². The van der Waals surface area contributed by atoms with Crippen LogP contribution in [0.15, 0.2) is 48.5 Å². The van der Waals surface area contributed by atoms with E-state index in [0.29, 0.717) is 13.1 Å². The van der Waals surface area contributed by atoms with Gasteiger partial charge in [0.15, 0.2) is 0 Å². The van der Waals surface area contributed by atoms with Crippen molar-refractivity contribution in [3.05, 3.63) is 65.5 Å². The Balaban J connectivity index is 1.95. The standard InChI is InChI=1S/C19H19FN2O/c1-3-12-22(13-16-6-8-17(20)9-7-16)14-19(23)21-18-10-4-15(2)5-11-18/h1,4-11H,12-14H2,2H3,(H,21,23). The molecule has 0 aromatic heterocycles. The van der Waals surface area contributed by atoms with Gasteiger partial charge < -0.3 is 5.32 Å². The molecule has 0 unspecified atom stereocenters. The summed E-state index contributed by atoms with van der Waals surface area (Å²) in [5.74, 6) is 2.13. The molecular weight excluding hydrogens is 291 g/mol. The van der Waals surface area contributed by atoms with E-state index >= 15 is 0 Å². The number of terminal acetylenes is 1. The Morgan fingerprint density at radius 1 is 1.17 bits per heavy atom. The van der Waals surface area contributed by atoms with Crippen molar-refractivity contribution in [1.29, 1.82) is 0 Å². The number of amides is 1. The molecule has 1 amide bonds. The van der Waals surface area contributed by atoms with Gasteiger partial charge in [-0.05, 0) is 36.8 Å². The van der Waals surface area contributed by atoms with Gasteiger partial charge in [-0.3, -0.25) is 9.69 Å². The van der Waals surface area contributed by atoms with Gasteiger partial charge in [-0.15, -0.1) is 6.42 Å². The lowest BCUT2D eigenvalue weighted by molar-refractivity contribution is -0.117. The molecule has 3 nitrogen and oxygen atoms in total. The average Bonchev–Trinajstić information content (AvgIpc) is 2.52. The Labute approximate surface area is 136 Å². The molecule has 23 heavy (non-hydrogen) atoms. The van der Waals surface area contributed by atoms with Gasteiger partial charge in [0.25, 0.3) is 0 Å². The van der Waals surface area contributed by atoms with Crippen molar-refractivity contribution >= 4 is 11.6 Å². The van der Waals surface area contributed by atoms with Crippen molar-refractivity contribution in [3.63, 3.8) is 0 Å². The van der Waals surface area contributed by atoms with Gasteiger partial charge in [0.1, 0.15) is 5.82 Å². The molecule has 0 saturated carbocycles. The summed E-state index contributed by atoms with van der Waals surface area (Å²) in [5.41, 5.74) is 2.79. The number of halogens is 1. The largest absolute Gasteiger partial charge is 0.325 e. The van der Waals surface area contributed by atoms with Crippen molar-refractivity contribution < 1.29 is 9.18 Å². The number of carbonyl (C=O) groups is 1. The predicted molar refractivity (Wildman–Crippen MR) is 90.3 cm³/mol. The fourth-order valence-electron chi connectivity index (χ4n) is 2.19. The Morgan fingerprint density at radius 2 is 1.83 bits per heavy atom. The maximum absolute atomic E-state index is 12.9. The minimum atomic E-state index is -0.283. The maximum atomic E-state index is 12.9. The van der Waals surface area contributed by atoms with Crippen LogP contribution in [0.1, 0.15) is 11.1 Å². The monoisotopic (exact) mass is 310 g/mol. The summed E-state index contributed by atoms with van der Waals surface area (Å²) in [5, 5.41) is 2.84. The van der Waals surface area contributed by atoms with Crippen LogP contribution in [-0.4, -0.2) is 23.9 Å². The highest BCUT2D eigenvalue weighted by atomic mass is 19.1. The summed E-state index contributed by atoms with van der Waals surface area (Å²) in [6.07, 6.45) is 5.37. The molecule has 118 valence electrons. The van der Waals surface area contributed by atoms with E-state index in [4.69, 9.17) is 6.42 Å². The van der Waals surface area contributed by atoms with Gasteiger partial charge in [-0.2, -0.15) is 0 Å². The number of benzene rings is 2. The van der Waals surface area contributed by atoms with Crippen LogP contribution in [0.5, 0.6) is 0 Å². The number of hydrogen-bond donors (Lipinski definition) is 1. The summed E-state index contributed by atoms with van der Waals surface area (Å²) < 4.78 is 12.9. The maximum Gasteiger partial charge on any atom is 0.238 e. The van der Waals surface area contributed by atoms with E-state index in [9.17, 15) is 9.18 Å². The quantitative estimate of drug-likeness (QED) is 0.831. The zero-order chi connectivity index (χ0) is 16.7. The first-order chi connectivity index (χ1) is 11.1. The topological polar surface area (TPSA) is 32.3 Å². The molecule has 0 atom stereocenters. The zero-order valence-electron chi connectivity index (χ0n) is 13.1. The number of anilines is 1. The van der Waals surface area contributed by atoms with Crippen molar-refractivity contribution in [2.24, 2.45) is 0 Å². The molecule has 0 spiro atoms. The minimum Gasteiger partial charge on any atom is -0.325 e. The molecule has 2 rings (SSSR count). The number of nitrogens with one attached hydrogen (secondary N) is 1. The van der Waals surface area contributed by atoms with Gasteiger partial charge >= 0.3 is 0 Å². The van der Waals surface area contributed by atoms with Crippen LogP contribution in [-0.2, 0) is 11.3 Å². The van der Waals surface area contributed by atoms with Crippen LogP contribution >= 0.6 is 0 Å². The Morgan fingerprint density at radius 3 is 2.43 bits per heavy atom. The second-order valence-corrected chi connectivity index (χ2v) is 5.39. The van der Waals surface area contributed by atoms with Gasteiger partial charge in [-0.25, -0.2) is 4.39 Å². The number of nitrogens with zero attached hydrogens (tertiary/aromatic N) is 1. The Hall–Kier alpha value is -2.64. The molecular formula is C19H19FN2O. The smallest absolute Gasteiger partial charge is 0.238 e. The van der Waals surface area contributed by atoms with Crippen molar-refractivity contribution in [2.75, 3.05) is 18.4 Å². The predicted octanol–water partition coefficient (Wildman–Crippen LogP) is 3.21. The molecule has 1 N–H and O–H groups in total. The number of aryl methyl sites for hydroxylation is 1. The number of hydrogen-bond acceptors (Lipinski definition) is 2. The van der Waals surface area contributed by atoms with E-state index in [1.165, 1.54) is 12.1 Å². The molecule has 0 heterocycles. The van der Waals surface area contributed by atoms with Crippen LogP contribution in [0.2, 0.25) is 0 Å². The van der Waals surface area contributed by atoms with E-state index in [1.54, 1.807) is 12.1 Å². The highest BCUT2D eigenvalue weighted by Gasteiger charge is 2.11. The molecule has 2 aromatic rings. The van der Waals surface area contributed by atoms with E-state index in [2.05, 4.69) is 11.2 Å². The normalized spacial score (nSPS) is 10.3.